The van der Waals surface area contributed by atoms with Crippen molar-refractivity contribution in [3.8, 4) is 0 Å². The van der Waals surface area contributed by atoms with Crippen LogP contribution in [0.15, 0.2) is 0 Å². The number of amides is 1. The normalized spacial score (nSPS) is 14.4. The minimum atomic E-state index is -1.09. The van der Waals surface area contributed by atoms with Gasteiger partial charge in [0.2, 0.25) is 5.91 Å². The zero-order valence-corrected chi connectivity index (χ0v) is 11.0. The van der Waals surface area contributed by atoms with E-state index in [1.807, 2.05) is 13.8 Å². The summed E-state index contributed by atoms with van der Waals surface area (Å²) in [6.45, 7) is 11.5. The fraction of sp³-hybridized carbons (Fsp3) is 0.833. The monoisotopic (exact) mass is 229 g/mol. The molecule has 0 aliphatic heterocycles. The third kappa shape index (κ3) is 5.73. The average molecular weight is 229 g/mol. The highest BCUT2D eigenvalue weighted by atomic mass is 16.4. The van der Waals surface area contributed by atoms with Gasteiger partial charge < -0.3 is 10.4 Å². The summed E-state index contributed by atoms with van der Waals surface area (Å²) in [5, 5.41) is 11.5. The van der Waals surface area contributed by atoms with E-state index < -0.39 is 17.8 Å². The van der Waals surface area contributed by atoms with E-state index in [1.54, 1.807) is 0 Å². The molecule has 0 saturated heterocycles. The predicted octanol–water partition coefficient (Wildman–Crippen LogP) is 2.04. The smallest absolute Gasteiger partial charge is 0.315 e. The van der Waals surface area contributed by atoms with Crippen LogP contribution in [0.1, 0.15) is 48.0 Å². The van der Waals surface area contributed by atoms with Gasteiger partial charge in [-0.1, -0.05) is 20.8 Å². The molecule has 0 heterocycles. The Bertz CT molecular complexity index is 276. The molecular formula is C12H23NO3. The summed E-state index contributed by atoms with van der Waals surface area (Å²) >= 11 is 0. The van der Waals surface area contributed by atoms with Gasteiger partial charge in [0.25, 0.3) is 0 Å². The molecule has 1 unspecified atom stereocenters. The molecule has 0 spiro atoms. The number of hydrogen-bond acceptors (Lipinski definition) is 2. The van der Waals surface area contributed by atoms with Crippen molar-refractivity contribution < 1.29 is 14.7 Å². The molecule has 0 fully saturated rings. The van der Waals surface area contributed by atoms with Crippen LogP contribution in [0.5, 0.6) is 0 Å². The van der Waals surface area contributed by atoms with Crippen molar-refractivity contribution in [2.45, 2.75) is 53.5 Å². The zero-order valence-electron chi connectivity index (χ0n) is 11.0. The van der Waals surface area contributed by atoms with E-state index in [0.717, 1.165) is 6.42 Å². The second-order valence-electron chi connectivity index (χ2n) is 6.17. The van der Waals surface area contributed by atoms with E-state index in [1.165, 1.54) is 6.92 Å². The van der Waals surface area contributed by atoms with Gasteiger partial charge in [-0.05, 0) is 32.6 Å². The van der Waals surface area contributed by atoms with Gasteiger partial charge in [-0.15, -0.1) is 0 Å². The van der Waals surface area contributed by atoms with Gasteiger partial charge in [0.1, 0.15) is 5.92 Å². The third-order valence-electron chi connectivity index (χ3n) is 2.20. The van der Waals surface area contributed by atoms with Crippen LogP contribution in [-0.2, 0) is 9.59 Å². The lowest BCUT2D eigenvalue weighted by atomic mass is 9.81. The number of carboxylic acid groups (broad SMARTS) is 1. The standard InChI is InChI=1S/C12H23NO3/c1-8(10(15)16)9(14)13-12(5,6)7-11(2,3)4/h8H,7H2,1-6H3,(H,13,14)(H,15,16). The number of nitrogens with one attached hydrogen (secondary N) is 1. The third-order valence-corrected chi connectivity index (χ3v) is 2.20. The van der Waals surface area contributed by atoms with Gasteiger partial charge in [0.15, 0.2) is 0 Å². The molecule has 0 saturated carbocycles. The maximum atomic E-state index is 11.6. The van der Waals surface area contributed by atoms with E-state index >= 15 is 0 Å². The second kappa shape index (κ2) is 4.85. The first-order chi connectivity index (χ1) is 6.94. The van der Waals surface area contributed by atoms with Crippen LogP contribution in [0.3, 0.4) is 0 Å². The highest BCUT2D eigenvalue weighted by Crippen LogP contribution is 2.26. The van der Waals surface area contributed by atoms with Crippen molar-refractivity contribution in [3.63, 3.8) is 0 Å². The van der Waals surface area contributed by atoms with Crippen LogP contribution in [0.4, 0.5) is 0 Å². The number of carboxylic acids is 1. The van der Waals surface area contributed by atoms with Crippen molar-refractivity contribution in [1.29, 1.82) is 0 Å². The average Bonchev–Trinajstić information content (AvgIpc) is 1.96. The van der Waals surface area contributed by atoms with Gasteiger partial charge in [-0.2, -0.15) is 0 Å². The molecule has 0 aromatic carbocycles. The molecule has 4 nitrogen and oxygen atoms in total. The van der Waals surface area contributed by atoms with E-state index in [4.69, 9.17) is 5.11 Å². The lowest BCUT2D eigenvalue weighted by Gasteiger charge is -2.33. The largest absolute Gasteiger partial charge is 0.481 e. The summed E-state index contributed by atoms with van der Waals surface area (Å²) in [7, 11) is 0. The first kappa shape index (κ1) is 14.9. The van der Waals surface area contributed by atoms with E-state index in [-0.39, 0.29) is 11.0 Å². The zero-order chi connectivity index (χ0) is 13.1. The van der Waals surface area contributed by atoms with Crippen LogP contribution in [0, 0.1) is 11.3 Å². The summed E-state index contributed by atoms with van der Waals surface area (Å²) in [6, 6.07) is 0. The van der Waals surface area contributed by atoms with E-state index in [2.05, 4.69) is 26.1 Å². The molecule has 1 atom stereocenters. The number of carbonyl (C=O) groups excluding carboxylic acids is 1. The van der Waals surface area contributed by atoms with E-state index in [9.17, 15) is 9.59 Å². The van der Waals surface area contributed by atoms with Gasteiger partial charge >= 0.3 is 5.97 Å². The molecule has 16 heavy (non-hydrogen) atoms. The Hall–Kier alpha value is -1.06. The van der Waals surface area contributed by atoms with Gasteiger partial charge in [0.05, 0.1) is 0 Å². The summed E-state index contributed by atoms with van der Waals surface area (Å²) in [5.41, 5.74) is -0.303. The Morgan fingerprint density at radius 1 is 1.19 bits per heavy atom. The first-order valence-corrected chi connectivity index (χ1v) is 5.49. The molecular weight excluding hydrogens is 206 g/mol. The van der Waals surface area contributed by atoms with Crippen LogP contribution >= 0.6 is 0 Å². The summed E-state index contributed by atoms with van der Waals surface area (Å²) in [4.78, 5) is 22.2. The van der Waals surface area contributed by atoms with Crippen LogP contribution < -0.4 is 5.32 Å². The quantitative estimate of drug-likeness (QED) is 0.725. The van der Waals surface area contributed by atoms with Gasteiger partial charge in [-0.3, -0.25) is 9.59 Å². The fourth-order valence-corrected chi connectivity index (χ4v) is 1.92. The Morgan fingerprint density at radius 3 is 1.94 bits per heavy atom. The molecule has 0 aliphatic rings. The fourth-order valence-electron chi connectivity index (χ4n) is 1.92. The van der Waals surface area contributed by atoms with Gasteiger partial charge in [0, 0.05) is 5.54 Å². The number of hydrogen-bond donors (Lipinski definition) is 2. The van der Waals surface area contributed by atoms with Crippen LogP contribution in [0.2, 0.25) is 0 Å². The van der Waals surface area contributed by atoms with Crippen molar-refractivity contribution in [3.05, 3.63) is 0 Å². The second-order valence-corrected chi connectivity index (χ2v) is 6.17. The lowest BCUT2D eigenvalue weighted by molar-refractivity contribution is -0.146. The molecule has 94 valence electrons. The Morgan fingerprint density at radius 2 is 1.62 bits per heavy atom. The topological polar surface area (TPSA) is 66.4 Å². The molecule has 4 heteroatoms. The Balaban J connectivity index is 4.48. The van der Waals surface area contributed by atoms with Crippen molar-refractivity contribution in [1.82, 2.24) is 5.32 Å². The van der Waals surface area contributed by atoms with Crippen molar-refractivity contribution in [2.75, 3.05) is 0 Å². The molecule has 0 aromatic rings. The maximum absolute atomic E-state index is 11.6. The molecule has 1 amide bonds. The highest BCUT2D eigenvalue weighted by Gasteiger charge is 2.30. The minimum absolute atomic E-state index is 0.0865. The van der Waals surface area contributed by atoms with Crippen LogP contribution in [0.25, 0.3) is 0 Å². The highest BCUT2D eigenvalue weighted by molar-refractivity contribution is 5.96. The minimum Gasteiger partial charge on any atom is -0.481 e. The summed E-state index contributed by atoms with van der Waals surface area (Å²) in [5.74, 6) is -2.52. The molecule has 0 radical (unpaired) electrons. The number of rotatable bonds is 4. The first-order valence-electron chi connectivity index (χ1n) is 5.49. The molecule has 0 aliphatic carbocycles. The summed E-state index contributed by atoms with van der Waals surface area (Å²) < 4.78 is 0. The molecule has 0 bridgehead atoms. The van der Waals surface area contributed by atoms with Gasteiger partial charge in [-0.25, -0.2) is 0 Å². The Labute approximate surface area is 97.4 Å². The van der Waals surface area contributed by atoms with Crippen molar-refractivity contribution >= 4 is 11.9 Å². The number of carbonyl (C=O) groups is 2. The molecule has 0 rings (SSSR count). The van der Waals surface area contributed by atoms with E-state index in [0.29, 0.717) is 0 Å². The Kier molecular flexibility index (Phi) is 4.53. The molecule has 0 aromatic heterocycles. The van der Waals surface area contributed by atoms with Crippen LogP contribution in [-0.4, -0.2) is 22.5 Å². The SMILES string of the molecule is CC(C(=O)O)C(=O)NC(C)(C)CC(C)(C)C. The predicted molar refractivity (Wildman–Crippen MR) is 63.1 cm³/mol. The number of aliphatic carboxylic acids is 1. The molecule has 2 N–H and O–H groups in total. The summed E-state index contributed by atoms with van der Waals surface area (Å²) in [6.07, 6.45) is 0.790. The van der Waals surface area contributed by atoms with Crippen molar-refractivity contribution in [2.24, 2.45) is 11.3 Å². The maximum Gasteiger partial charge on any atom is 0.315 e. The lowest BCUT2D eigenvalue weighted by Crippen LogP contribution is -2.48.